The van der Waals surface area contributed by atoms with Crippen molar-refractivity contribution in [3.8, 4) is 6.07 Å². The summed E-state index contributed by atoms with van der Waals surface area (Å²) in [5.41, 5.74) is 3.64. The third-order valence-electron chi connectivity index (χ3n) is 4.30. The SMILES string of the molecule is N#CC1(COP(=O)(O)OP(=O)(O)OP(=O)(O)O)OC(c2ccc3c(N)ncnn23)C(O)C1O. The van der Waals surface area contributed by atoms with Gasteiger partial charge in [-0.05, 0) is 12.1 Å². The second kappa shape index (κ2) is 8.77. The third kappa shape index (κ3) is 5.48. The standard InChI is InChI=1S/C12H16N5O13P3/c13-3-12(4-27-32(23,24)30-33(25,26)29-31(20,21)22)10(19)8(18)9(28-12)6-1-2-7-11(14)15-5-16-17(6)7/h1-2,5,8-10,18-19H,4H2,(H,23,24)(H,25,26)(H2,14,15,16)(H2,20,21,22). The molecule has 0 spiro atoms. The number of aliphatic hydroxyl groups excluding tert-OH is 2. The first-order valence-electron chi connectivity index (χ1n) is 8.41. The van der Waals surface area contributed by atoms with Crippen LogP contribution >= 0.6 is 23.5 Å². The van der Waals surface area contributed by atoms with Gasteiger partial charge in [0.1, 0.15) is 42.8 Å². The van der Waals surface area contributed by atoms with Crippen LogP contribution in [0.15, 0.2) is 18.5 Å². The molecule has 0 radical (unpaired) electrons. The highest BCUT2D eigenvalue weighted by molar-refractivity contribution is 7.66. The minimum atomic E-state index is -5.80. The molecule has 2 aromatic rings. The predicted molar refractivity (Wildman–Crippen MR) is 101 cm³/mol. The Morgan fingerprint density at radius 2 is 1.85 bits per heavy atom. The lowest BCUT2D eigenvalue weighted by atomic mass is 9.96. The summed E-state index contributed by atoms with van der Waals surface area (Å²) >= 11 is 0. The first-order chi connectivity index (χ1) is 15.1. The Kier molecular flexibility index (Phi) is 6.86. The van der Waals surface area contributed by atoms with E-state index in [9.17, 15) is 39.0 Å². The molecular weight excluding hydrogens is 515 g/mol. The van der Waals surface area contributed by atoms with E-state index in [0.717, 1.165) is 6.33 Å². The number of anilines is 1. The van der Waals surface area contributed by atoms with Crippen molar-refractivity contribution in [2.45, 2.75) is 23.9 Å². The van der Waals surface area contributed by atoms with Crippen molar-refractivity contribution in [1.29, 1.82) is 5.26 Å². The minimum absolute atomic E-state index is 0.0727. The van der Waals surface area contributed by atoms with Crippen LogP contribution in [0, 0.1) is 11.3 Å². The van der Waals surface area contributed by atoms with Gasteiger partial charge in [-0.25, -0.2) is 23.2 Å². The number of nitriles is 1. The Morgan fingerprint density at radius 3 is 2.45 bits per heavy atom. The number of nitrogen functional groups attached to an aromatic ring is 1. The summed E-state index contributed by atoms with van der Waals surface area (Å²) in [5, 5.41) is 34.3. The first kappa shape index (κ1) is 25.8. The lowest BCUT2D eigenvalue weighted by Crippen LogP contribution is -2.45. The fourth-order valence-electron chi connectivity index (χ4n) is 2.96. The van der Waals surface area contributed by atoms with Gasteiger partial charge in [0.2, 0.25) is 5.60 Å². The average molecular weight is 531 g/mol. The molecule has 1 saturated heterocycles. The zero-order chi connectivity index (χ0) is 24.8. The van der Waals surface area contributed by atoms with Crippen molar-refractivity contribution in [2.75, 3.05) is 12.3 Å². The van der Waals surface area contributed by atoms with Crippen LogP contribution < -0.4 is 5.73 Å². The quantitative estimate of drug-likeness (QED) is 0.195. The molecule has 0 aliphatic carbocycles. The largest absolute Gasteiger partial charge is 0.490 e. The Morgan fingerprint density at radius 1 is 1.18 bits per heavy atom. The van der Waals surface area contributed by atoms with Gasteiger partial charge < -0.3 is 40.3 Å². The van der Waals surface area contributed by atoms with Crippen LogP contribution in [0.5, 0.6) is 0 Å². The van der Waals surface area contributed by atoms with Gasteiger partial charge in [-0.3, -0.25) is 4.52 Å². The predicted octanol–water partition coefficient (Wildman–Crippen LogP) is -1.29. The maximum absolute atomic E-state index is 11.9. The van der Waals surface area contributed by atoms with E-state index in [1.807, 2.05) is 0 Å². The molecule has 2 aromatic heterocycles. The monoisotopic (exact) mass is 531 g/mol. The second-order valence-corrected chi connectivity index (χ2v) is 11.0. The fraction of sp³-hybridized carbons (Fsp3) is 0.417. The Hall–Kier alpha value is -1.80. The Balaban J connectivity index is 1.81. The normalized spacial score (nSPS) is 29.4. The number of ether oxygens (including phenoxy) is 1. The number of phosphoric acid groups is 3. The lowest BCUT2D eigenvalue weighted by Gasteiger charge is -2.25. The fourth-order valence-corrected chi connectivity index (χ4v) is 6.01. The number of nitrogens with zero attached hydrogens (tertiary/aromatic N) is 4. The topological polar surface area (TPSA) is 290 Å². The smallest absolute Gasteiger partial charge is 0.387 e. The molecular formula is C12H16N5O13P3. The minimum Gasteiger partial charge on any atom is -0.387 e. The summed E-state index contributed by atoms with van der Waals surface area (Å²) in [6.07, 6.45) is -4.16. The van der Waals surface area contributed by atoms with Crippen LogP contribution in [-0.2, 0) is 31.6 Å². The average Bonchev–Trinajstić information content (AvgIpc) is 3.19. The van der Waals surface area contributed by atoms with Crippen LogP contribution in [0.1, 0.15) is 11.8 Å². The van der Waals surface area contributed by atoms with Crippen molar-refractivity contribution in [1.82, 2.24) is 14.6 Å². The molecule has 6 atom stereocenters. The zero-order valence-electron chi connectivity index (χ0n) is 15.9. The summed E-state index contributed by atoms with van der Waals surface area (Å²) < 4.78 is 52.2. The van der Waals surface area contributed by atoms with Gasteiger partial charge in [0, 0.05) is 0 Å². The van der Waals surface area contributed by atoms with Crippen molar-refractivity contribution in [2.24, 2.45) is 0 Å². The highest BCUT2D eigenvalue weighted by Crippen LogP contribution is 2.66. The van der Waals surface area contributed by atoms with Crippen LogP contribution in [-0.4, -0.2) is 68.8 Å². The summed E-state index contributed by atoms with van der Waals surface area (Å²) in [6.45, 7) is -1.30. The lowest BCUT2D eigenvalue weighted by molar-refractivity contribution is -0.0729. The molecule has 0 saturated carbocycles. The molecule has 1 aliphatic heterocycles. The number of rotatable bonds is 8. The molecule has 3 rings (SSSR count). The summed E-state index contributed by atoms with van der Waals surface area (Å²) in [5.74, 6) is 0.0727. The van der Waals surface area contributed by atoms with Gasteiger partial charge in [0.05, 0.1) is 5.69 Å². The van der Waals surface area contributed by atoms with Crippen molar-refractivity contribution in [3.05, 3.63) is 24.2 Å². The molecule has 1 aliphatic rings. The highest BCUT2D eigenvalue weighted by atomic mass is 31.3. The number of hydrogen-bond donors (Lipinski definition) is 7. The van der Waals surface area contributed by atoms with Gasteiger partial charge in [-0.2, -0.15) is 19.0 Å². The molecule has 8 N–H and O–H groups in total. The van der Waals surface area contributed by atoms with E-state index < -0.39 is 54.0 Å². The number of nitrogens with two attached hydrogens (primary N) is 1. The van der Waals surface area contributed by atoms with Gasteiger partial charge in [-0.15, -0.1) is 0 Å². The Labute approximate surface area is 183 Å². The number of hydrogen-bond acceptors (Lipinski definition) is 13. The van der Waals surface area contributed by atoms with E-state index in [2.05, 4.69) is 23.2 Å². The van der Waals surface area contributed by atoms with E-state index in [4.69, 9.17) is 20.3 Å². The third-order valence-corrected chi connectivity index (χ3v) is 8.08. The molecule has 3 heterocycles. The number of aromatic nitrogens is 3. The van der Waals surface area contributed by atoms with Gasteiger partial charge in [0.25, 0.3) is 0 Å². The summed E-state index contributed by atoms with van der Waals surface area (Å²) in [4.78, 5) is 39.6. The molecule has 0 aromatic carbocycles. The number of aliphatic hydroxyl groups is 2. The van der Waals surface area contributed by atoms with Crippen molar-refractivity contribution >= 4 is 34.8 Å². The van der Waals surface area contributed by atoms with Crippen LogP contribution in [0.2, 0.25) is 0 Å². The first-order valence-corrected chi connectivity index (χ1v) is 12.9. The second-order valence-electron chi connectivity index (χ2n) is 6.54. The van der Waals surface area contributed by atoms with E-state index in [-0.39, 0.29) is 11.5 Å². The van der Waals surface area contributed by atoms with Gasteiger partial charge >= 0.3 is 23.5 Å². The van der Waals surface area contributed by atoms with Crippen LogP contribution in [0.4, 0.5) is 5.82 Å². The maximum Gasteiger partial charge on any atom is 0.490 e. The molecule has 0 amide bonds. The molecule has 182 valence electrons. The molecule has 21 heteroatoms. The van der Waals surface area contributed by atoms with Crippen LogP contribution in [0.3, 0.4) is 0 Å². The van der Waals surface area contributed by atoms with E-state index in [0.29, 0.717) is 5.52 Å². The van der Waals surface area contributed by atoms with Gasteiger partial charge in [0.15, 0.2) is 5.82 Å². The molecule has 6 unspecified atom stereocenters. The van der Waals surface area contributed by atoms with E-state index in [1.54, 1.807) is 0 Å². The van der Waals surface area contributed by atoms with Crippen LogP contribution in [0.25, 0.3) is 5.52 Å². The van der Waals surface area contributed by atoms with Gasteiger partial charge in [-0.1, -0.05) is 0 Å². The Bertz CT molecular complexity index is 1240. The van der Waals surface area contributed by atoms with Crippen molar-refractivity contribution < 1.29 is 61.4 Å². The molecule has 0 bridgehead atoms. The summed E-state index contributed by atoms with van der Waals surface area (Å²) in [7, 11) is -17.0. The molecule has 1 fully saturated rings. The van der Waals surface area contributed by atoms with Crippen molar-refractivity contribution in [3.63, 3.8) is 0 Å². The molecule has 33 heavy (non-hydrogen) atoms. The number of fused-ring (bicyclic) bond motifs is 1. The highest BCUT2D eigenvalue weighted by Gasteiger charge is 2.57. The van der Waals surface area contributed by atoms with E-state index >= 15 is 0 Å². The molecule has 18 nitrogen and oxygen atoms in total. The number of phosphoric ester groups is 1. The summed E-state index contributed by atoms with van der Waals surface area (Å²) in [6, 6.07) is 4.35. The van der Waals surface area contributed by atoms with E-state index in [1.165, 1.54) is 22.7 Å². The zero-order valence-corrected chi connectivity index (χ0v) is 18.6. The maximum atomic E-state index is 11.9.